The molecule has 0 saturated carbocycles. The van der Waals surface area contributed by atoms with Crippen LogP contribution in [0.2, 0.25) is 0 Å². The van der Waals surface area contributed by atoms with Crippen LogP contribution in [0.15, 0.2) is 29.2 Å². The van der Waals surface area contributed by atoms with Crippen LogP contribution in [0.1, 0.15) is 23.7 Å². The summed E-state index contributed by atoms with van der Waals surface area (Å²) in [5, 5.41) is 9.10. The van der Waals surface area contributed by atoms with E-state index < -0.39 is 16.1 Å². The highest BCUT2D eigenvalue weighted by Crippen LogP contribution is 2.20. The molecule has 1 fully saturated rings. The number of rotatable bonds is 5. The molecule has 1 aromatic rings. The number of hydrogen-bond acceptors (Lipinski definition) is 5. The lowest BCUT2D eigenvalue weighted by Crippen LogP contribution is -2.46. The smallest absolute Gasteiger partial charge is 0.243 e. The maximum Gasteiger partial charge on any atom is 0.243 e. The number of sulfonamides is 1. The Morgan fingerprint density at radius 2 is 2.24 bits per heavy atom. The molecule has 1 aromatic carbocycles. The number of aliphatic hydroxyl groups is 1. The van der Waals surface area contributed by atoms with Gasteiger partial charge in [-0.2, -0.15) is 4.31 Å². The van der Waals surface area contributed by atoms with Gasteiger partial charge in [-0.05, 0) is 12.1 Å². The molecule has 2 rings (SSSR count). The first-order chi connectivity index (χ1) is 9.98. The normalized spacial score (nSPS) is 20.4. The second-order valence-corrected chi connectivity index (χ2v) is 6.78. The van der Waals surface area contributed by atoms with Crippen LogP contribution < -0.4 is 0 Å². The SMILES string of the molecule is CCC(=O)c1cccc(S(=O)(=O)N2CCOC(CO)C2)c1. The van der Waals surface area contributed by atoms with Crippen molar-refractivity contribution in [2.75, 3.05) is 26.3 Å². The Kier molecular flexibility index (Phi) is 5.10. The van der Waals surface area contributed by atoms with Gasteiger partial charge < -0.3 is 9.84 Å². The highest BCUT2D eigenvalue weighted by Gasteiger charge is 2.30. The Bertz CT molecular complexity index is 614. The number of nitrogens with zero attached hydrogens (tertiary/aromatic N) is 1. The van der Waals surface area contributed by atoms with Crippen LogP contribution >= 0.6 is 0 Å². The second kappa shape index (κ2) is 6.65. The van der Waals surface area contributed by atoms with E-state index in [4.69, 9.17) is 9.84 Å². The third-order valence-electron chi connectivity index (χ3n) is 3.42. The number of morpholine rings is 1. The fraction of sp³-hybridized carbons (Fsp3) is 0.500. The van der Waals surface area contributed by atoms with E-state index in [1.165, 1.54) is 16.4 Å². The summed E-state index contributed by atoms with van der Waals surface area (Å²) in [5.74, 6) is -0.0951. The van der Waals surface area contributed by atoms with Gasteiger partial charge in [0.2, 0.25) is 10.0 Å². The van der Waals surface area contributed by atoms with E-state index in [0.717, 1.165) is 0 Å². The van der Waals surface area contributed by atoms with Crippen molar-refractivity contribution in [3.05, 3.63) is 29.8 Å². The molecule has 0 aliphatic carbocycles. The number of carbonyl (C=O) groups excluding carboxylic acids is 1. The number of aliphatic hydroxyl groups excluding tert-OH is 1. The largest absolute Gasteiger partial charge is 0.394 e. The molecule has 1 atom stereocenters. The first-order valence-corrected chi connectivity index (χ1v) is 8.29. The maximum absolute atomic E-state index is 12.6. The molecule has 0 aromatic heterocycles. The number of carbonyl (C=O) groups is 1. The van der Waals surface area contributed by atoms with Gasteiger partial charge >= 0.3 is 0 Å². The molecule has 6 nitrogen and oxygen atoms in total. The number of benzene rings is 1. The first kappa shape index (κ1) is 16.1. The van der Waals surface area contributed by atoms with E-state index in [0.29, 0.717) is 12.0 Å². The lowest BCUT2D eigenvalue weighted by molar-refractivity contribution is -0.0304. The van der Waals surface area contributed by atoms with Crippen LogP contribution in [0.25, 0.3) is 0 Å². The molecule has 1 saturated heterocycles. The Morgan fingerprint density at radius 1 is 1.48 bits per heavy atom. The number of ketones is 1. The zero-order valence-corrected chi connectivity index (χ0v) is 12.7. The van der Waals surface area contributed by atoms with Crippen molar-refractivity contribution >= 4 is 15.8 Å². The predicted octanol–water partition coefficient (Wildman–Crippen LogP) is 0.661. The monoisotopic (exact) mass is 313 g/mol. The third-order valence-corrected chi connectivity index (χ3v) is 5.28. The lowest BCUT2D eigenvalue weighted by atomic mass is 10.1. The molecular weight excluding hydrogens is 294 g/mol. The van der Waals surface area contributed by atoms with Crippen LogP contribution in [0.4, 0.5) is 0 Å². The van der Waals surface area contributed by atoms with Crippen molar-refractivity contribution in [3.8, 4) is 0 Å². The van der Waals surface area contributed by atoms with Gasteiger partial charge in [-0.15, -0.1) is 0 Å². The minimum absolute atomic E-state index is 0.0951. The number of hydrogen-bond donors (Lipinski definition) is 1. The average Bonchev–Trinajstić information content (AvgIpc) is 2.54. The summed E-state index contributed by atoms with van der Waals surface area (Å²) >= 11 is 0. The molecule has 1 heterocycles. The summed E-state index contributed by atoms with van der Waals surface area (Å²) in [6.07, 6.45) is -0.179. The molecule has 116 valence electrons. The third kappa shape index (κ3) is 3.49. The highest BCUT2D eigenvalue weighted by atomic mass is 32.2. The van der Waals surface area contributed by atoms with Gasteiger partial charge in [0.25, 0.3) is 0 Å². The first-order valence-electron chi connectivity index (χ1n) is 6.85. The Morgan fingerprint density at radius 3 is 2.90 bits per heavy atom. The fourth-order valence-corrected chi connectivity index (χ4v) is 3.71. The van der Waals surface area contributed by atoms with Crippen molar-refractivity contribution < 1.29 is 23.1 Å². The van der Waals surface area contributed by atoms with Gasteiger partial charge in [0, 0.05) is 25.1 Å². The molecule has 21 heavy (non-hydrogen) atoms. The van der Waals surface area contributed by atoms with Crippen LogP contribution in [-0.2, 0) is 14.8 Å². The Labute approximate surface area is 124 Å². The quantitative estimate of drug-likeness (QED) is 0.807. The van der Waals surface area contributed by atoms with Crippen molar-refractivity contribution in [3.63, 3.8) is 0 Å². The van der Waals surface area contributed by atoms with Gasteiger partial charge in [-0.1, -0.05) is 19.1 Å². The molecule has 0 radical (unpaired) electrons. The van der Waals surface area contributed by atoms with Crippen molar-refractivity contribution in [2.45, 2.75) is 24.3 Å². The number of Topliss-reactive ketones (excluding diaryl/α,β-unsaturated/α-hetero) is 1. The molecule has 0 spiro atoms. The van der Waals surface area contributed by atoms with Gasteiger partial charge in [0.15, 0.2) is 5.78 Å². The van der Waals surface area contributed by atoms with Crippen molar-refractivity contribution in [1.82, 2.24) is 4.31 Å². The molecule has 1 N–H and O–H groups in total. The summed E-state index contributed by atoms with van der Waals surface area (Å²) in [4.78, 5) is 11.8. The van der Waals surface area contributed by atoms with Crippen LogP contribution in [0.5, 0.6) is 0 Å². The Hall–Kier alpha value is -1.28. The summed E-state index contributed by atoms with van der Waals surface area (Å²) in [5.41, 5.74) is 0.394. The van der Waals surface area contributed by atoms with E-state index in [1.807, 2.05) is 0 Å². The Balaban J connectivity index is 2.29. The lowest BCUT2D eigenvalue weighted by Gasteiger charge is -2.31. The van der Waals surface area contributed by atoms with E-state index in [1.54, 1.807) is 19.1 Å². The summed E-state index contributed by atoms with van der Waals surface area (Å²) in [6, 6.07) is 6.07. The fourth-order valence-electron chi connectivity index (χ4n) is 2.20. The molecule has 7 heteroatoms. The van der Waals surface area contributed by atoms with Gasteiger partial charge in [0.1, 0.15) is 0 Å². The van der Waals surface area contributed by atoms with Crippen LogP contribution in [0.3, 0.4) is 0 Å². The second-order valence-electron chi connectivity index (χ2n) is 4.84. The van der Waals surface area contributed by atoms with Gasteiger partial charge in [0.05, 0.1) is 24.2 Å². The molecule has 1 unspecified atom stereocenters. The van der Waals surface area contributed by atoms with Crippen molar-refractivity contribution in [2.24, 2.45) is 0 Å². The highest BCUT2D eigenvalue weighted by molar-refractivity contribution is 7.89. The van der Waals surface area contributed by atoms with Crippen molar-refractivity contribution in [1.29, 1.82) is 0 Å². The number of ether oxygens (including phenoxy) is 1. The zero-order valence-electron chi connectivity index (χ0n) is 11.9. The van der Waals surface area contributed by atoms with E-state index in [9.17, 15) is 13.2 Å². The summed E-state index contributed by atoms with van der Waals surface area (Å²) in [7, 11) is -3.68. The van der Waals surface area contributed by atoms with E-state index >= 15 is 0 Å². The molecule has 1 aliphatic heterocycles. The maximum atomic E-state index is 12.6. The average molecular weight is 313 g/mol. The molecule has 0 amide bonds. The van der Waals surface area contributed by atoms with E-state index in [2.05, 4.69) is 0 Å². The molecule has 1 aliphatic rings. The zero-order chi connectivity index (χ0) is 15.5. The molecule has 0 bridgehead atoms. The summed E-state index contributed by atoms with van der Waals surface area (Å²) < 4.78 is 31.7. The van der Waals surface area contributed by atoms with Crippen LogP contribution in [-0.4, -0.2) is 56.0 Å². The minimum Gasteiger partial charge on any atom is -0.394 e. The van der Waals surface area contributed by atoms with E-state index in [-0.39, 0.29) is 37.0 Å². The van der Waals surface area contributed by atoms with Gasteiger partial charge in [-0.25, -0.2) is 8.42 Å². The van der Waals surface area contributed by atoms with Crippen LogP contribution in [0, 0.1) is 0 Å². The predicted molar refractivity (Wildman–Crippen MR) is 76.6 cm³/mol. The van der Waals surface area contributed by atoms with Gasteiger partial charge in [-0.3, -0.25) is 4.79 Å². The minimum atomic E-state index is -3.68. The molecular formula is C14H19NO5S. The topological polar surface area (TPSA) is 83.9 Å². The summed E-state index contributed by atoms with van der Waals surface area (Å²) in [6.45, 7) is 2.12. The standard InChI is InChI=1S/C14H19NO5S/c1-2-14(17)11-4-3-5-13(8-11)21(18,19)15-6-7-20-12(9-15)10-16/h3-5,8,12,16H,2,6-7,9-10H2,1H3.